The van der Waals surface area contributed by atoms with Crippen LogP contribution in [-0.2, 0) is 4.79 Å². The normalized spacial score (nSPS) is 16.5. The SMILES string of the molecule is Nc1ccc(/C=C/C(=O)C2CCC2)cc1. The number of anilines is 1. The van der Waals surface area contributed by atoms with Gasteiger partial charge in [0, 0.05) is 11.6 Å². The molecular formula is C13H15NO. The zero-order valence-corrected chi connectivity index (χ0v) is 8.65. The molecule has 1 saturated carbocycles. The molecule has 78 valence electrons. The molecule has 1 aliphatic carbocycles. The minimum absolute atomic E-state index is 0.262. The van der Waals surface area contributed by atoms with E-state index < -0.39 is 0 Å². The summed E-state index contributed by atoms with van der Waals surface area (Å²) < 4.78 is 0. The van der Waals surface area contributed by atoms with Crippen molar-refractivity contribution >= 4 is 17.5 Å². The first kappa shape index (κ1) is 9.97. The number of allylic oxidation sites excluding steroid dienone is 1. The fourth-order valence-electron chi connectivity index (χ4n) is 1.61. The summed E-state index contributed by atoms with van der Waals surface area (Å²) in [5.74, 6) is 0.549. The van der Waals surface area contributed by atoms with E-state index >= 15 is 0 Å². The van der Waals surface area contributed by atoms with Crippen LogP contribution < -0.4 is 5.73 Å². The van der Waals surface area contributed by atoms with E-state index in [-0.39, 0.29) is 11.7 Å². The van der Waals surface area contributed by atoms with Gasteiger partial charge < -0.3 is 5.73 Å². The Kier molecular flexibility index (Phi) is 2.86. The molecular weight excluding hydrogens is 186 g/mol. The van der Waals surface area contributed by atoms with Gasteiger partial charge in [0.05, 0.1) is 0 Å². The lowest BCUT2D eigenvalue weighted by Crippen LogP contribution is -2.19. The number of hydrogen-bond donors (Lipinski definition) is 1. The summed E-state index contributed by atoms with van der Waals surface area (Å²) in [6, 6.07) is 7.51. The number of nitrogen functional groups attached to an aromatic ring is 1. The zero-order chi connectivity index (χ0) is 10.7. The molecule has 1 aromatic carbocycles. The van der Waals surface area contributed by atoms with Crippen LogP contribution >= 0.6 is 0 Å². The van der Waals surface area contributed by atoms with E-state index in [9.17, 15) is 4.79 Å². The van der Waals surface area contributed by atoms with Crippen LogP contribution in [0.5, 0.6) is 0 Å². The van der Waals surface area contributed by atoms with Crippen LogP contribution in [0.2, 0.25) is 0 Å². The first-order chi connectivity index (χ1) is 7.25. The Morgan fingerprint density at radius 1 is 1.27 bits per heavy atom. The third-order valence-electron chi connectivity index (χ3n) is 2.88. The van der Waals surface area contributed by atoms with E-state index in [1.54, 1.807) is 6.08 Å². The van der Waals surface area contributed by atoms with Gasteiger partial charge in [-0.2, -0.15) is 0 Å². The molecule has 0 aliphatic heterocycles. The van der Waals surface area contributed by atoms with Gasteiger partial charge >= 0.3 is 0 Å². The molecule has 1 fully saturated rings. The number of hydrogen-bond acceptors (Lipinski definition) is 2. The second-order valence-electron chi connectivity index (χ2n) is 4.03. The summed E-state index contributed by atoms with van der Waals surface area (Å²) in [4.78, 5) is 11.6. The molecule has 0 bridgehead atoms. The molecule has 2 heteroatoms. The molecule has 2 rings (SSSR count). The lowest BCUT2D eigenvalue weighted by Gasteiger charge is -2.21. The monoisotopic (exact) mass is 201 g/mol. The van der Waals surface area contributed by atoms with Gasteiger partial charge in [0.25, 0.3) is 0 Å². The van der Waals surface area contributed by atoms with Gasteiger partial charge in [-0.25, -0.2) is 0 Å². The maximum Gasteiger partial charge on any atom is 0.158 e. The number of carbonyl (C=O) groups is 1. The highest BCUT2D eigenvalue weighted by atomic mass is 16.1. The van der Waals surface area contributed by atoms with Crippen LogP contribution in [0.25, 0.3) is 6.08 Å². The average molecular weight is 201 g/mol. The molecule has 0 radical (unpaired) electrons. The molecule has 0 aromatic heterocycles. The third-order valence-corrected chi connectivity index (χ3v) is 2.88. The van der Waals surface area contributed by atoms with E-state index in [4.69, 9.17) is 5.73 Å². The maximum atomic E-state index is 11.6. The van der Waals surface area contributed by atoms with Crippen LogP contribution in [0, 0.1) is 5.92 Å². The van der Waals surface area contributed by atoms with Crippen LogP contribution in [0.1, 0.15) is 24.8 Å². The van der Waals surface area contributed by atoms with Gasteiger partial charge in [-0.05, 0) is 36.6 Å². The second-order valence-corrected chi connectivity index (χ2v) is 4.03. The zero-order valence-electron chi connectivity index (χ0n) is 8.65. The van der Waals surface area contributed by atoms with Gasteiger partial charge in [0.15, 0.2) is 5.78 Å². The average Bonchev–Trinajstić information content (AvgIpc) is 2.14. The molecule has 15 heavy (non-hydrogen) atoms. The summed E-state index contributed by atoms with van der Waals surface area (Å²) in [5, 5.41) is 0. The molecule has 0 atom stereocenters. The molecule has 1 aliphatic rings. The van der Waals surface area contributed by atoms with Crippen LogP contribution in [0.4, 0.5) is 5.69 Å². The number of rotatable bonds is 3. The molecule has 0 saturated heterocycles. The molecule has 0 heterocycles. The van der Waals surface area contributed by atoms with E-state index in [1.165, 1.54) is 6.42 Å². The fourth-order valence-corrected chi connectivity index (χ4v) is 1.61. The Morgan fingerprint density at radius 3 is 2.47 bits per heavy atom. The summed E-state index contributed by atoms with van der Waals surface area (Å²) in [6.45, 7) is 0. The minimum atomic E-state index is 0.262. The van der Waals surface area contributed by atoms with Crippen molar-refractivity contribution in [2.24, 2.45) is 5.92 Å². The van der Waals surface area contributed by atoms with Crippen molar-refractivity contribution in [1.82, 2.24) is 0 Å². The number of carbonyl (C=O) groups excluding carboxylic acids is 1. The number of ketones is 1. The predicted molar refractivity (Wildman–Crippen MR) is 62.2 cm³/mol. The Labute approximate surface area is 89.8 Å². The van der Waals surface area contributed by atoms with Gasteiger partial charge in [-0.15, -0.1) is 0 Å². The Hall–Kier alpha value is -1.57. The Morgan fingerprint density at radius 2 is 1.93 bits per heavy atom. The molecule has 0 amide bonds. The van der Waals surface area contributed by atoms with E-state index in [0.717, 1.165) is 24.1 Å². The lowest BCUT2D eigenvalue weighted by atomic mass is 9.82. The molecule has 1 aromatic rings. The molecule has 0 unspecified atom stereocenters. The lowest BCUT2D eigenvalue weighted by molar-refractivity contribution is -0.120. The van der Waals surface area contributed by atoms with E-state index in [0.29, 0.717) is 0 Å². The largest absolute Gasteiger partial charge is 0.399 e. The summed E-state index contributed by atoms with van der Waals surface area (Å²) >= 11 is 0. The highest BCUT2D eigenvalue weighted by molar-refractivity contribution is 5.95. The molecule has 0 spiro atoms. The van der Waals surface area contributed by atoms with Crippen LogP contribution in [0.15, 0.2) is 30.3 Å². The first-order valence-electron chi connectivity index (χ1n) is 5.33. The van der Waals surface area contributed by atoms with Gasteiger partial charge in [-0.3, -0.25) is 4.79 Å². The Balaban J connectivity index is 1.98. The summed E-state index contributed by atoms with van der Waals surface area (Å²) in [6.07, 6.45) is 6.87. The van der Waals surface area contributed by atoms with Crippen LogP contribution in [-0.4, -0.2) is 5.78 Å². The highest BCUT2D eigenvalue weighted by Crippen LogP contribution is 2.27. The van der Waals surface area contributed by atoms with Crippen molar-refractivity contribution in [2.45, 2.75) is 19.3 Å². The van der Waals surface area contributed by atoms with Crippen molar-refractivity contribution in [3.8, 4) is 0 Å². The second kappa shape index (κ2) is 4.30. The quantitative estimate of drug-likeness (QED) is 0.603. The van der Waals surface area contributed by atoms with Crippen LogP contribution in [0.3, 0.4) is 0 Å². The number of nitrogens with two attached hydrogens (primary N) is 1. The number of benzene rings is 1. The first-order valence-corrected chi connectivity index (χ1v) is 5.33. The van der Waals surface area contributed by atoms with Gasteiger partial charge in [0.1, 0.15) is 0 Å². The standard InChI is InChI=1S/C13H15NO/c14-12-7-4-10(5-8-12)6-9-13(15)11-2-1-3-11/h4-9,11H,1-3,14H2/b9-6+. The minimum Gasteiger partial charge on any atom is -0.399 e. The van der Waals surface area contributed by atoms with Gasteiger partial charge in [-0.1, -0.05) is 24.6 Å². The smallest absolute Gasteiger partial charge is 0.158 e. The highest BCUT2D eigenvalue weighted by Gasteiger charge is 2.22. The molecule has 2 nitrogen and oxygen atoms in total. The van der Waals surface area contributed by atoms with Gasteiger partial charge in [0.2, 0.25) is 0 Å². The maximum absolute atomic E-state index is 11.6. The van der Waals surface area contributed by atoms with Crippen molar-refractivity contribution in [3.63, 3.8) is 0 Å². The third kappa shape index (κ3) is 2.46. The van der Waals surface area contributed by atoms with Crippen molar-refractivity contribution in [2.75, 3.05) is 5.73 Å². The molecule has 2 N–H and O–H groups in total. The summed E-state index contributed by atoms with van der Waals surface area (Å²) in [5.41, 5.74) is 7.34. The topological polar surface area (TPSA) is 43.1 Å². The Bertz CT molecular complexity index is 374. The van der Waals surface area contributed by atoms with Crippen molar-refractivity contribution in [3.05, 3.63) is 35.9 Å². The van der Waals surface area contributed by atoms with Crippen molar-refractivity contribution < 1.29 is 4.79 Å². The van der Waals surface area contributed by atoms with E-state index in [2.05, 4.69) is 0 Å². The van der Waals surface area contributed by atoms with E-state index in [1.807, 2.05) is 30.3 Å². The predicted octanol–water partition coefficient (Wildman–Crippen LogP) is 2.65. The summed E-state index contributed by atoms with van der Waals surface area (Å²) in [7, 11) is 0. The van der Waals surface area contributed by atoms with Crippen molar-refractivity contribution in [1.29, 1.82) is 0 Å². The fraction of sp³-hybridized carbons (Fsp3) is 0.308.